The number of carbonyl (C=O) groups excluding carboxylic acids is 1. The molecular weight excluding hydrogens is 350 g/mol. The highest BCUT2D eigenvalue weighted by Crippen LogP contribution is 2.24. The van der Waals surface area contributed by atoms with Gasteiger partial charge in [0.2, 0.25) is 5.91 Å². The van der Waals surface area contributed by atoms with Crippen molar-refractivity contribution in [2.75, 3.05) is 32.8 Å². The third kappa shape index (κ3) is 5.11. The molecule has 1 atom stereocenters. The average Bonchev–Trinajstić information content (AvgIpc) is 2.74. The summed E-state index contributed by atoms with van der Waals surface area (Å²) in [6.45, 7) is 5.36. The second-order valence-electron chi connectivity index (χ2n) is 7.07. The molecule has 1 aliphatic heterocycles. The molecule has 0 aromatic heterocycles. The van der Waals surface area contributed by atoms with E-state index in [4.69, 9.17) is 4.74 Å². The van der Waals surface area contributed by atoms with Gasteiger partial charge in [0.15, 0.2) is 0 Å². The monoisotopic (exact) mass is 377 g/mol. The molecule has 1 heterocycles. The van der Waals surface area contributed by atoms with Crippen molar-refractivity contribution in [3.8, 4) is 11.8 Å². The third-order valence-corrected chi connectivity index (χ3v) is 5.18. The van der Waals surface area contributed by atoms with Crippen LogP contribution in [-0.2, 0) is 4.79 Å². The lowest BCUT2D eigenvalue weighted by atomic mass is 10.0. The zero-order valence-electron chi connectivity index (χ0n) is 16.4. The molecule has 2 aromatic carbocycles. The van der Waals surface area contributed by atoms with Crippen LogP contribution in [0.4, 0.5) is 0 Å². The van der Waals surface area contributed by atoms with E-state index in [2.05, 4.69) is 11.0 Å². The van der Waals surface area contributed by atoms with Crippen molar-refractivity contribution in [3.63, 3.8) is 0 Å². The molecular formula is C23H27N3O2. The molecule has 1 unspecified atom stereocenters. The Kier molecular flexibility index (Phi) is 7.05. The Balaban J connectivity index is 1.43. The van der Waals surface area contributed by atoms with Crippen LogP contribution in [-0.4, -0.2) is 48.5 Å². The van der Waals surface area contributed by atoms with Gasteiger partial charge in [-0.2, -0.15) is 5.26 Å². The van der Waals surface area contributed by atoms with Crippen LogP contribution in [0.25, 0.3) is 0 Å². The zero-order valence-corrected chi connectivity index (χ0v) is 16.4. The first-order valence-electron chi connectivity index (χ1n) is 9.84. The normalized spacial score (nSPS) is 15.6. The minimum atomic E-state index is -0.252. The molecule has 0 spiro atoms. The highest BCUT2D eigenvalue weighted by molar-refractivity contribution is 5.76. The first-order valence-corrected chi connectivity index (χ1v) is 9.84. The number of aryl methyl sites for hydroxylation is 1. The quantitative estimate of drug-likeness (QED) is 0.692. The van der Waals surface area contributed by atoms with Gasteiger partial charge >= 0.3 is 0 Å². The number of para-hydroxylation sites is 1. The summed E-state index contributed by atoms with van der Waals surface area (Å²) in [6.07, 6.45) is 1.20. The summed E-state index contributed by atoms with van der Waals surface area (Å²) < 4.78 is 5.65. The molecule has 5 nitrogen and oxygen atoms in total. The van der Waals surface area contributed by atoms with Crippen LogP contribution < -0.4 is 4.74 Å². The van der Waals surface area contributed by atoms with Gasteiger partial charge in [0.05, 0.1) is 12.7 Å². The van der Waals surface area contributed by atoms with Gasteiger partial charge < -0.3 is 9.64 Å². The fourth-order valence-corrected chi connectivity index (χ4v) is 3.56. The van der Waals surface area contributed by atoms with Crippen LogP contribution >= 0.6 is 0 Å². The van der Waals surface area contributed by atoms with E-state index in [0.717, 1.165) is 30.0 Å². The van der Waals surface area contributed by atoms with E-state index >= 15 is 0 Å². The average molecular weight is 377 g/mol. The largest absolute Gasteiger partial charge is 0.494 e. The summed E-state index contributed by atoms with van der Waals surface area (Å²) in [7, 11) is 0. The van der Waals surface area contributed by atoms with Gasteiger partial charge in [0, 0.05) is 32.6 Å². The SMILES string of the molecule is Cc1ccccc1C(C#N)N1CCN(C(=O)CCCOc2ccccc2)CC1. The lowest BCUT2D eigenvalue weighted by Gasteiger charge is -2.37. The number of hydrogen-bond acceptors (Lipinski definition) is 4. The molecule has 3 rings (SSSR count). The molecule has 28 heavy (non-hydrogen) atoms. The van der Waals surface area contributed by atoms with Crippen LogP contribution in [0, 0.1) is 18.3 Å². The maximum atomic E-state index is 12.5. The highest BCUT2D eigenvalue weighted by atomic mass is 16.5. The second-order valence-corrected chi connectivity index (χ2v) is 7.07. The fraction of sp³-hybridized carbons (Fsp3) is 0.391. The minimum absolute atomic E-state index is 0.167. The lowest BCUT2D eigenvalue weighted by molar-refractivity contribution is -0.133. The number of benzene rings is 2. The van der Waals surface area contributed by atoms with Gasteiger partial charge in [-0.05, 0) is 36.6 Å². The van der Waals surface area contributed by atoms with Gasteiger partial charge in [-0.15, -0.1) is 0 Å². The van der Waals surface area contributed by atoms with Crippen molar-refractivity contribution in [1.82, 2.24) is 9.80 Å². The first kappa shape index (κ1) is 19.9. The molecule has 0 aliphatic carbocycles. The Labute approximate surface area is 167 Å². The predicted octanol–water partition coefficient (Wildman–Crippen LogP) is 3.56. The van der Waals surface area contributed by atoms with Crippen molar-refractivity contribution in [1.29, 1.82) is 5.26 Å². The summed E-state index contributed by atoms with van der Waals surface area (Å²) in [5.41, 5.74) is 2.19. The molecule has 2 aromatic rings. The third-order valence-electron chi connectivity index (χ3n) is 5.18. The Morgan fingerprint density at radius 2 is 1.75 bits per heavy atom. The van der Waals surface area contributed by atoms with Crippen molar-refractivity contribution in [3.05, 3.63) is 65.7 Å². The Bertz CT molecular complexity index is 808. The van der Waals surface area contributed by atoms with Gasteiger partial charge in [-0.25, -0.2) is 0 Å². The summed E-state index contributed by atoms with van der Waals surface area (Å²) in [5, 5.41) is 9.68. The highest BCUT2D eigenvalue weighted by Gasteiger charge is 2.27. The van der Waals surface area contributed by atoms with Gasteiger partial charge in [0.25, 0.3) is 0 Å². The number of carbonyl (C=O) groups is 1. The molecule has 1 aliphatic rings. The van der Waals surface area contributed by atoms with Crippen molar-refractivity contribution < 1.29 is 9.53 Å². The number of hydrogen-bond donors (Lipinski definition) is 0. The Hall–Kier alpha value is -2.84. The molecule has 146 valence electrons. The van der Waals surface area contributed by atoms with Crippen LogP contribution in [0.1, 0.15) is 30.0 Å². The molecule has 1 amide bonds. The Morgan fingerprint density at radius 1 is 1.07 bits per heavy atom. The van der Waals surface area contributed by atoms with Crippen LogP contribution in [0.5, 0.6) is 5.75 Å². The molecule has 0 N–H and O–H groups in total. The van der Waals surface area contributed by atoms with Crippen LogP contribution in [0.3, 0.4) is 0 Å². The van der Waals surface area contributed by atoms with Gasteiger partial charge in [-0.3, -0.25) is 9.69 Å². The van der Waals surface area contributed by atoms with E-state index in [0.29, 0.717) is 32.5 Å². The number of piperazine rings is 1. The topological polar surface area (TPSA) is 56.6 Å². The smallest absolute Gasteiger partial charge is 0.222 e. The summed E-state index contributed by atoms with van der Waals surface area (Å²) in [5.74, 6) is 1.00. The number of nitrogens with zero attached hydrogens (tertiary/aromatic N) is 3. The van der Waals surface area contributed by atoms with Crippen LogP contribution in [0.15, 0.2) is 54.6 Å². The van der Waals surface area contributed by atoms with E-state index in [-0.39, 0.29) is 11.9 Å². The van der Waals surface area contributed by atoms with Crippen LogP contribution in [0.2, 0.25) is 0 Å². The maximum Gasteiger partial charge on any atom is 0.222 e. The predicted molar refractivity (Wildman–Crippen MR) is 109 cm³/mol. The van der Waals surface area contributed by atoms with E-state index in [1.54, 1.807) is 0 Å². The number of ether oxygens (including phenoxy) is 1. The molecule has 1 saturated heterocycles. The van der Waals surface area contributed by atoms with E-state index in [9.17, 15) is 10.1 Å². The van der Waals surface area contributed by atoms with Crippen molar-refractivity contribution in [2.24, 2.45) is 0 Å². The Morgan fingerprint density at radius 3 is 2.43 bits per heavy atom. The van der Waals surface area contributed by atoms with E-state index in [1.165, 1.54) is 0 Å². The molecule has 0 saturated carbocycles. The standard InChI is InChI=1S/C23H27N3O2/c1-19-8-5-6-11-21(19)22(18-24)25-13-15-26(16-14-25)23(27)12-7-17-28-20-9-3-2-4-10-20/h2-6,8-11,22H,7,12-17H2,1H3. The second kappa shape index (κ2) is 9.91. The summed E-state index contributed by atoms with van der Waals surface area (Å²) in [4.78, 5) is 16.5. The van der Waals surface area contributed by atoms with Gasteiger partial charge in [0.1, 0.15) is 11.8 Å². The minimum Gasteiger partial charge on any atom is -0.494 e. The van der Waals surface area contributed by atoms with E-state index < -0.39 is 0 Å². The van der Waals surface area contributed by atoms with Gasteiger partial charge in [-0.1, -0.05) is 42.5 Å². The number of nitriles is 1. The summed E-state index contributed by atoms with van der Waals surface area (Å²) >= 11 is 0. The number of amides is 1. The molecule has 1 fully saturated rings. The first-order chi connectivity index (χ1) is 13.7. The molecule has 0 bridgehead atoms. The zero-order chi connectivity index (χ0) is 19.8. The lowest BCUT2D eigenvalue weighted by Crippen LogP contribution is -2.49. The van der Waals surface area contributed by atoms with Crippen molar-refractivity contribution >= 4 is 5.91 Å². The number of rotatable bonds is 7. The maximum absolute atomic E-state index is 12.5. The van der Waals surface area contributed by atoms with Crippen molar-refractivity contribution in [2.45, 2.75) is 25.8 Å². The van der Waals surface area contributed by atoms with E-state index in [1.807, 2.05) is 66.4 Å². The molecule has 0 radical (unpaired) electrons. The fourth-order valence-electron chi connectivity index (χ4n) is 3.56. The molecule has 5 heteroatoms. The summed E-state index contributed by atoms with van der Waals surface area (Å²) in [6, 6.07) is 19.9.